The van der Waals surface area contributed by atoms with E-state index in [9.17, 15) is 27.9 Å². The van der Waals surface area contributed by atoms with Gasteiger partial charge in [0.25, 0.3) is 0 Å². The van der Waals surface area contributed by atoms with Crippen molar-refractivity contribution in [2.24, 2.45) is 0 Å². The SMILES string of the molecule is CC(C)(C)OC(=O)N1C[C@@H](Oc2cc(F)c(F)c(F)c2)C[C@H]1C(=O)O. The Labute approximate surface area is 142 Å². The van der Waals surface area contributed by atoms with Gasteiger partial charge < -0.3 is 14.6 Å². The van der Waals surface area contributed by atoms with E-state index in [1.54, 1.807) is 20.8 Å². The number of carboxylic acid groups (broad SMARTS) is 1. The molecule has 1 heterocycles. The van der Waals surface area contributed by atoms with E-state index < -0.39 is 47.3 Å². The Morgan fingerprint density at radius 2 is 1.76 bits per heavy atom. The fourth-order valence-electron chi connectivity index (χ4n) is 2.43. The molecule has 1 fully saturated rings. The van der Waals surface area contributed by atoms with Crippen LogP contribution in [0.25, 0.3) is 0 Å². The van der Waals surface area contributed by atoms with Gasteiger partial charge >= 0.3 is 12.1 Å². The predicted octanol–water partition coefficient (Wildman–Crippen LogP) is 2.95. The van der Waals surface area contributed by atoms with Crippen LogP contribution in [0, 0.1) is 17.5 Å². The zero-order valence-corrected chi connectivity index (χ0v) is 13.9. The zero-order valence-electron chi connectivity index (χ0n) is 13.9. The number of hydrogen-bond acceptors (Lipinski definition) is 4. The van der Waals surface area contributed by atoms with Crippen molar-refractivity contribution in [3.8, 4) is 5.75 Å². The smallest absolute Gasteiger partial charge is 0.411 e. The number of carbonyl (C=O) groups excluding carboxylic acids is 1. The van der Waals surface area contributed by atoms with Crippen LogP contribution in [-0.4, -0.2) is 46.4 Å². The van der Waals surface area contributed by atoms with Crippen LogP contribution in [0.3, 0.4) is 0 Å². The molecule has 1 amide bonds. The Morgan fingerprint density at radius 3 is 2.24 bits per heavy atom. The Bertz CT molecular complexity index is 666. The largest absolute Gasteiger partial charge is 0.488 e. The lowest BCUT2D eigenvalue weighted by Gasteiger charge is -2.26. The molecule has 0 aliphatic carbocycles. The van der Waals surface area contributed by atoms with E-state index in [2.05, 4.69) is 0 Å². The van der Waals surface area contributed by atoms with Crippen LogP contribution in [0.1, 0.15) is 27.2 Å². The van der Waals surface area contributed by atoms with Crippen LogP contribution >= 0.6 is 0 Å². The van der Waals surface area contributed by atoms with Crippen molar-refractivity contribution in [2.75, 3.05) is 6.54 Å². The van der Waals surface area contributed by atoms with Gasteiger partial charge in [-0.3, -0.25) is 4.90 Å². The molecule has 1 aliphatic heterocycles. The van der Waals surface area contributed by atoms with E-state index in [1.807, 2.05) is 0 Å². The van der Waals surface area contributed by atoms with Crippen molar-refractivity contribution in [2.45, 2.75) is 44.9 Å². The lowest BCUT2D eigenvalue weighted by Crippen LogP contribution is -2.43. The van der Waals surface area contributed by atoms with Gasteiger partial charge in [0.1, 0.15) is 23.5 Å². The monoisotopic (exact) mass is 361 g/mol. The average molecular weight is 361 g/mol. The van der Waals surface area contributed by atoms with Crippen LogP contribution in [0.4, 0.5) is 18.0 Å². The van der Waals surface area contributed by atoms with Crippen molar-refractivity contribution in [3.63, 3.8) is 0 Å². The minimum absolute atomic E-state index is 0.102. The summed E-state index contributed by atoms with van der Waals surface area (Å²) in [4.78, 5) is 24.5. The molecule has 1 aromatic carbocycles. The van der Waals surface area contributed by atoms with Crippen LogP contribution in [0.2, 0.25) is 0 Å². The molecule has 0 saturated carbocycles. The maximum Gasteiger partial charge on any atom is 0.411 e. The third-order valence-corrected chi connectivity index (χ3v) is 3.44. The summed E-state index contributed by atoms with van der Waals surface area (Å²) in [7, 11) is 0. The number of halogens is 3. The molecule has 138 valence electrons. The Hall–Kier alpha value is -2.45. The summed E-state index contributed by atoms with van der Waals surface area (Å²) in [5.41, 5.74) is -0.817. The summed E-state index contributed by atoms with van der Waals surface area (Å²) >= 11 is 0. The lowest BCUT2D eigenvalue weighted by molar-refractivity contribution is -0.142. The van der Waals surface area contributed by atoms with Crippen molar-refractivity contribution >= 4 is 12.1 Å². The van der Waals surface area contributed by atoms with Gasteiger partial charge in [0, 0.05) is 18.6 Å². The molecule has 0 unspecified atom stereocenters. The zero-order chi connectivity index (χ0) is 18.9. The molecular formula is C16H18F3NO5. The molecule has 0 bridgehead atoms. The van der Waals surface area contributed by atoms with Gasteiger partial charge in [0.15, 0.2) is 17.5 Å². The number of benzene rings is 1. The fraction of sp³-hybridized carbons (Fsp3) is 0.500. The van der Waals surface area contributed by atoms with Crippen molar-refractivity contribution in [1.29, 1.82) is 0 Å². The van der Waals surface area contributed by atoms with Crippen LogP contribution in [0.5, 0.6) is 5.75 Å². The molecule has 1 aliphatic rings. The highest BCUT2D eigenvalue weighted by Gasteiger charge is 2.42. The second-order valence-electron chi connectivity index (χ2n) is 6.66. The molecule has 0 aromatic heterocycles. The lowest BCUT2D eigenvalue weighted by atomic mass is 10.2. The molecule has 6 nitrogen and oxygen atoms in total. The highest BCUT2D eigenvalue weighted by molar-refractivity contribution is 5.81. The second-order valence-corrected chi connectivity index (χ2v) is 6.66. The molecule has 2 rings (SSSR count). The van der Waals surface area contributed by atoms with Crippen molar-refractivity contribution in [3.05, 3.63) is 29.6 Å². The highest BCUT2D eigenvalue weighted by Crippen LogP contribution is 2.27. The fourth-order valence-corrected chi connectivity index (χ4v) is 2.43. The van der Waals surface area contributed by atoms with Crippen LogP contribution in [-0.2, 0) is 9.53 Å². The number of carbonyl (C=O) groups is 2. The molecule has 0 spiro atoms. The number of rotatable bonds is 3. The molecule has 2 atom stereocenters. The van der Waals surface area contributed by atoms with Crippen molar-refractivity contribution in [1.82, 2.24) is 4.90 Å². The molecule has 1 saturated heterocycles. The minimum Gasteiger partial charge on any atom is -0.488 e. The molecule has 25 heavy (non-hydrogen) atoms. The first kappa shape index (κ1) is 18.9. The quantitative estimate of drug-likeness (QED) is 0.838. The number of ether oxygens (including phenoxy) is 2. The minimum atomic E-state index is -1.63. The van der Waals surface area contributed by atoms with Gasteiger partial charge in [-0.05, 0) is 20.8 Å². The summed E-state index contributed by atoms with van der Waals surface area (Å²) in [5.74, 6) is -6.03. The van der Waals surface area contributed by atoms with E-state index in [1.165, 1.54) is 0 Å². The Kier molecular flexibility index (Phi) is 5.15. The van der Waals surface area contributed by atoms with Gasteiger partial charge in [-0.2, -0.15) is 0 Å². The predicted molar refractivity (Wildman–Crippen MR) is 79.7 cm³/mol. The Morgan fingerprint density at radius 1 is 1.20 bits per heavy atom. The van der Waals surface area contributed by atoms with Crippen LogP contribution in [0.15, 0.2) is 12.1 Å². The average Bonchev–Trinajstić information content (AvgIpc) is 2.87. The standard InChI is InChI=1S/C16H18F3NO5/c1-16(2,3)25-15(23)20-7-9(6-12(20)14(21)22)24-8-4-10(17)13(19)11(18)5-8/h4-5,9,12H,6-7H2,1-3H3,(H,21,22)/t9-,12-/m0/s1. The van der Waals surface area contributed by atoms with E-state index in [4.69, 9.17) is 9.47 Å². The summed E-state index contributed by atoms with van der Waals surface area (Å²) < 4.78 is 49.9. The number of amides is 1. The second kappa shape index (κ2) is 6.81. The third kappa shape index (κ3) is 4.55. The summed E-state index contributed by atoms with van der Waals surface area (Å²) in [6.07, 6.45) is -1.77. The van der Waals surface area contributed by atoms with E-state index >= 15 is 0 Å². The molecule has 1 aromatic rings. The van der Waals surface area contributed by atoms with Gasteiger partial charge in [0.05, 0.1) is 6.54 Å². The number of hydrogen-bond donors (Lipinski definition) is 1. The first-order valence-electron chi connectivity index (χ1n) is 7.51. The molecule has 9 heteroatoms. The molecule has 1 N–H and O–H groups in total. The van der Waals surface area contributed by atoms with E-state index in [0.717, 1.165) is 4.90 Å². The summed E-state index contributed by atoms with van der Waals surface area (Å²) in [6.45, 7) is 4.75. The highest BCUT2D eigenvalue weighted by atomic mass is 19.2. The van der Waals surface area contributed by atoms with Crippen molar-refractivity contribution < 1.29 is 37.3 Å². The maximum absolute atomic E-state index is 13.2. The maximum atomic E-state index is 13.2. The van der Waals surface area contributed by atoms with Gasteiger partial charge in [-0.1, -0.05) is 0 Å². The molecular weight excluding hydrogens is 343 g/mol. The van der Waals surface area contributed by atoms with E-state index in [-0.39, 0.29) is 18.7 Å². The number of nitrogens with zero attached hydrogens (tertiary/aromatic N) is 1. The molecule has 0 radical (unpaired) electrons. The van der Waals surface area contributed by atoms with E-state index in [0.29, 0.717) is 12.1 Å². The topological polar surface area (TPSA) is 76.1 Å². The van der Waals surface area contributed by atoms with Gasteiger partial charge in [0.2, 0.25) is 0 Å². The normalized spacial score (nSPS) is 20.5. The number of carboxylic acids is 1. The number of likely N-dealkylation sites (tertiary alicyclic amines) is 1. The van der Waals surface area contributed by atoms with Gasteiger partial charge in [-0.25, -0.2) is 22.8 Å². The third-order valence-electron chi connectivity index (χ3n) is 3.44. The van der Waals surface area contributed by atoms with Gasteiger partial charge in [-0.15, -0.1) is 0 Å². The summed E-state index contributed by atoms with van der Waals surface area (Å²) in [6, 6.07) is 0.115. The van der Waals surface area contributed by atoms with Crippen LogP contribution < -0.4 is 4.74 Å². The first-order valence-corrected chi connectivity index (χ1v) is 7.51. The first-order chi connectivity index (χ1) is 11.5. The number of aliphatic carboxylic acids is 1. The Balaban J connectivity index is 2.14. The summed E-state index contributed by atoms with van der Waals surface area (Å²) in [5, 5.41) is 9.26.